The topological polar surface area (TPSA) is 85.8 Å². The van der Waals surface area contributed by atoms with Crippen LogP contribution in [0.15, 0.2) is 40.9 Å². The molecule has 0 saturated carbocycles. The van der Waals surface area contributed by atoms with E-state index < -0.39 is 23.2 Å². The Morgan fingerprint density at radius 1 is 1.08 bits per heavy atom. The molecular weight excluding hydrogens is 601 g/mol. The maximum Gasteiger partial charge on any atom is 0.430 e. The molecule has 1 aromatic heterocycles. The van der Waals surface area contributed by atoms with Gasteiger partial charge in [0.15, 0.2) is 0 Å². The Kier molecular flexibility index (Phi) is 9.12. The van der Waals surface area contributed by atoms with Gasteiger partial charge in [-0.15, -0.1) is 0 Å². The molecule has 0 bridgehead atoms. The fraction of sp³-hybridized carbons (Fsp3) is 0.519. The van der Waals surface area contributed by atoms with Crippen molar-refractivity contribution in [3.8, 4) is 0 Å². The molecule has 3 heterocycles. The van der Waals surface area contributed by atoms with E-state index in [2.05, 4.69) is 31.1 Å². The number of rotatable bonds is 6. The highest BCUT2D eigenvalue weighted by Gasteiger charge is 2.62. The minimum atomic E-state index is -5.16. The summed E-state index contributed by atoms with van der Waals surface area (Å²) < 4.78 is 42.4. The van der Waals surface area contributed by atoms with Gasteiger partial charge in [0.05, 0.1) is 5.56 Å². The second-order valence-electron chi connectivity index (χ2n) is 10.2. The van der Waals surface area contributed by atoms with Crippen LogP contribution in [-0.4, -0.2) is 66.2 Å². The summed E-state index contributed by atoms with van der Waals surface area (Å²) in [7, 11) is 1.53. The first-order chi connectivity index (χ1) is 18.4. The third-order valence-electron chi connectivity index (χ3n) is 7.77. The highest BCUT2D eigenvalue weighted by atomic mass is 79.9. The van der Waals surface area contributed by atoms with Crippen LogP contribution in [0.3, 0.4) is 0 Å². The van der Waals surface area contributed by atoms with E-state index in [1.54, 1.807) is 12.1 Å². The average Bonchev–Trinajstić information content (AvgIpc) is 2.92. The molecule has 0 radical (unpaired) electrons. The van der Waals surface area contributed by atoms with Crippen molar-refractivity contribution in [2.24, 2.45) is 11.8 Å². The summed E-state index contributed by atoms with van der Waals surface area (Å²) in [6.07, 6.45) is -1.15. The zero-order chi connectivity index (χ0) is 28.4. The number of nitrogens with one attached hydrogen (secondary N) is 1. The molecule has 39 heavy (non-hydrogen) atoms. The Bertz CT molecular complexity index is 1200. The Morgan fingerprint density at radius 2 is 1.69 bits per heavy atom. The summed E-state index contributed by atoms with van der Waals surface area (Å²) >= 11 is 9.32. The van der Waals surface area contributed by atoms with Crippen molar-refractivity contribution < 1.29 is 27.9 Å². The Hall–Kier alpha value is -2.37. The monoisotopic (exact) mass is 630 g/mol. The van der Waals surface area contributed by atoms with Crippen molar-refractivity contribution in [1.29, 1.82) is 0 Å². The maximum absolute atomic E-state index is 14.0. The minimum Gasteiger partial charge on any atom is -0.369 e. The zero-order valence-electron chi connectivity index (χ0n) is 21.5. The second kappa shape index (κ2) is 12.0. The molecule has 7 nitrogen and oxygen atoms in total. The van der Waals surface area contributed by atoms with E-state index in [4.69, 9.17) is 11.6 Å². The van der Waals surface area contributed by atoms with Crippen molar-refractivity contribution in [2.45, 2.75) is 43.9 Å². The molecular formula is C27H31BrClF3N4O3. The van der Waals surface area contributed by atoms with Gasteiger partial charge in [-0.1, -0.05) is 39.7 Å². The summed E-state index contributed by atoms with van der Waals surface area (Å²) in [6, 6.07) is 8.61. The van der Waals surface area contributed by atoms with Gasteiger partial charge in [0, 0.05) is 43.3 Å². The van der Waals surface area contributed by atoms with E-state index in [9.17, 15) is 27.9 Å². The zero-order valence-corrected chi connectivity index (χ0v) is 23.8. The molecule has 1 aromatic carbocycles. The number of nitrogens with zero attached hydrogens (tertiary/aromatic N) is 3. The number of hydrogen-bond acceptors (Lipinski definition) is 5. The molecule has 2 aliphatic rings. The molecule has 4 rings (SSSR count). The van der Waals surface area contributed by atoms with Gasteiger partial charge in [-0.3, -0.25) is 9.59 Å². The third kappa shape index (κ3) is 6.36. The Morgan fingerprint density at radius 3 is 2.23 bits per heavy atom. The highest BCUT2D eigenvalue weighted by molar-refractivity contribution is 9.10. The first-order valence-corrected chi connectivity index (χ1v) is 14.1. The van der Waals surface area contributed by atoms with Crippen LogP contribution in [0.2, 0.25) is 5.15 Å². The number of piperidine rings is 2. The van der Waals surface area contributed by atoms with Crippen LogP contribution in [0.5, 0.6) is 0 Å². The van der Waals surface area contributed by atoms with Gasteiger partial charge in [0.1, 0.15) is 11.0 Å². The number of aliphatic hydroxyl groups is 1. The van der Waals surface area contributed by atoms with Gasteiger partial charge in [0.25, 0.3) is 17.4 Å². The van der Waals surface area contributed by atoms with Crippen molar-refractivity contribution >= 4 is 45.2 Å². The maximum atomic E-state index is 14.0. The third-order valence-corrected chi connectivity index (χ3v) is 8.56. The van der Waals surface area contributed by atoms with Crippen LogP contribution in [0.4, 0.5) is 19.0 Å². The van der Waals surface area contributed by atoms with E-state index in [0.29, 0.717) is 34.7 Å². The molecule has 12 heteroatoms. The van der Waals surface area contributed by atoms with E-state index in [1.165, 1.54) is 19.2 Å². The molecule has 0 unspecified atom stereocenters. The van der Waals surface area contributed by atoms with E-state index >= 15 is 0 Å². The second-order valence-corrected chi connectivity index (χ2v) is 11.5. The first-order valence-electron chi connectivity index (χ1n) is 12.9. The fourth-order valence-corrected chi connectivity index (χ4v) is 6.13. The molecule has 212 valence electrons. The summed E-state index contributed by atoms with van der Waals surface area (Å²) in [5, 5.41) is 13.4. The number of carbonyl (C=O) groups is 2. The summed E-state index contributed by atoms with van der Waals surface area (Å²) in [5.41, 5.74) is -3.76. The number of hydrogen-bond donors (Lipinski definition) is 2. The lowest BCUT2D eigenvalue weighted by Crippen LogP contribution is -2.57. The van der Waals surface area contributed by atoms with Crippen molar-refractivity contribution in [2.75, 3.05) is 38.1 Å². The van der Waals surface area contributed by atoms with Gasteiger partial charge < -0.3 is 20.2 Å². The highest BCUT2D eigenvalue weighted by Crippen LogP contribution is 2.42. The average molecular weight is 632 g/mol. The summed E-state index contributed by atoms with van der Waals surface area (Å²) in [6.45, 7) is 1.93. The molecule has 0 aliphatic carbocycles. The SMILES string of the molecule is CNC(=O)c1ccc(N2CCC(CC3CCN(C(=O)[C@](O)(c4cccc(Br)c4)C(F)(F)F)CC3)CC2)nc1Cl. The van der Waals surface area contributed by atoms with Crippen molar-refractivity contribution in [3.63, 3.8) is 0 Å². The molecule has 1 atom stereocenters. The molecule has 2 aliphatic heterocycles. The largest absolute Gasteiger partial charge is 0.430 e. The van der Waals surface area contributed by atoms with Crippen LogP contribution < -0.4 is 10.2 Å². The van der Waals surface area contributed by atoms with Crippen molar-refractivity contribution in [1.82, 2.24) is 15.2 Å². The normalized spacial score (nSPS) is 19.1. The molecule has 2 aromatic rings. The lowest BCUT2D eigenvalue weighted by Gasteiger charge is -2.40. The molecule has 2 fully saturated rings. The predicted molar refractivity (Wildman–Crippen MR) is 146 cm³/mol. The first kappa shape index (κ1) is 29.6. The molecule has 2 amide bonds. The smallest absolute Gasteiger partial charge is 0.369 e. The van der Waals surface area contributed by atoms with E-state index in [1.807, 2.05) is 0 Å². The van der Waals surface area contributed by atoms with Gasteiger partial charge in [-0.05, 0) is 68.2 Å². The van der Waals surface area contributed by atoms with E-state index in [-0.39, 0.29) is 24.1 Å². The van der Waals surface area contributed by atoms with Crippen LogP contribution in [-0.2, 0) is 10.4 Å². The van der Waals surface area contributed by atoms with Gasteiger partial charge in [0.2, 0.25) is 0 Å². The standard InChI is InChI=1S/C27H31BrClF3N4O3/c1-33-24(37)21-5-6-22(34-23(21)29)35-11-7-17(8-12-35)15-18-9-13-36(14-10-18)25(38)26(39,27(30,31)32)19-3-2-4-20(28)16-19/h2-6,16-18,39H,7-15H2,1H3,(H,33,37)/t26-/m1/s1. The number of benzene rings is 1. The number of alkyl halides is 3. The Labute approximate surface area is 238 Å². The van der Waals surface area contributed by atoms with Crippen LogP contribution >= 0.6 is 27.5 Å². The number of amides is 2. The molecule has 2 saturated heterocycles. The number of carbonyl (C=O) groups excluding carboxylic acids is 2. The summed E-state index contributed by atoms with van der Waals surface area (Å²) in [4.78, 5) is 32.6. The van der Waals surface area contributed by atoms with Gasteiger partial charge >= 0.3 is 6.18 Å². The lowest BCUT2D eigenvalue weighted by molar-refractivity contribution is -0.262. The number of likely N-dealkylation sites (tertiary alicyclic amines) is 1. The van der Waals surface area contributed by atoms with Crippen molar-refractivity contribution in [3.05, 3.63) is 57.2 Å². The molecule has 2 N–H and O–H groups in total. The summed E-state index contributed by atoms with van der Waals surface area (Å²) in [5.74, 6) is -0.131. The number of anilines is 1. The minimum absolute atomic E-state index is 0.160. The fourth-order valence-electron chi connectivity index (χ4n) is 5.50. The lowest BCUT2D eigenvalue weighted by atomic mass is 9.82. The van der Waals surface area contributed by atoms with Crippen LogP contribution in [0.25, 0.3) is 0 Å². The number of aromatic nitrogens is 1. The molecule has 0 spiro atoms. The van der Waals surface area contributed by atoms with Gasteiger partial charge in [-0.25, -0.2) is 4.98 Å². The number of pyridine rings is 1. The Balaban J connectivity index is 1.31. The van der Waals surface area contributed by atoms with E-state index in [0.717, 1.165) is 55.2 Å². The van der Waals surface area contributed by atoms with Crippen LogP contribution in [0.1, 0.15) is 48.0 Å². The van der Waals surface area contributed by atoms with Crippen LogP contribution in [0, 0.1) is 11.8 Å². The number of halogens is 5. The van der Waals surface area contributed by atoms with Gasteiger partial charge in [-0.2, -0.15) is 13.2 Å². The predicted octanol–water partition coefficient (Wildman–Crippen LogP) is 5.15. The quantitative estimate of drug-likeness (QED) is 0.431.